The van der Waals surface area contributed by atoms with Crippen LogP contribution in [0.3, 0.4) is 0 Å². The smallest absolute Gasteiger partial charge is 0.145 e. The van der Waals surface area contributed by atoms with E-state index in [4.69, 9.17) is 4.98 Å². The van der Waals surface area contributed by atoms with Gasteiger partial charge in [0.05, 0.1) is 11.0 Å². The molecular formula is C39H27N3. The van der Waals surface area contributed by atoms with Crippen molar-refractivity contribution in [2.24, 2.45) is 0 Å². The van der Waals surface area contributed by atoms with Gasteiger partial charge in [0.2, 0.25) is 0 Å². The van der Waals surface area contributed by atoms with Crippen LogP contribution in [0.2, 0.25) is 0 Å². The highest BCUT2D eigenvalue weighted by molar-refractivity contribution is 6.24. The Balaban J connectivity index is 1.50. The topological polar surface area (TPSA) is 21.1 Å². The second-order valence-electron chi connectivity index (χ2n) is 10.5. The molecule has 42 heavy (non-hydrogen) atoms. The molecule has 0 aliphatic carbocycles. The molecule has 0 spiro atoms. The number of hydrogen-bond acceptors (Lipinski definition) is 2. The molecule has 0 amide bonds. The summed E-state index contributed by atoms with van der Waals surface area (Å²) in [6.45, 7) is 0. The molecule has 0 atom stereocenters. The highest BCUT2D eigenvalue weighted by Crippen LogP contribution is 2.42. The predicted molar refractivity (Wildman–Crippen MR) is 176 cm³/mol. The number of rotatable bonds is 5. The van der Waals surface area contributed by atoms with Gasteiger partial charge >= 0.3 is 0 Å². The molecule has 0 unspecified atom stereocenters. The Morgan fingerprint density at radius 1 is 0.429 bits per heavy atom. The van der Waals surface area contributed by atoms with Gasteiger partial charge in [-0.2, -0.15) is 0 Å². The van der Waals surface area contributed by atoms with Crippen molar-refractivity contribution < 1.29 is 0 Å². The number of hydrogen-bond donors (Lipinski definition) is 0. The lowest BCUT2D eigenvalue weighted by atomic mass is 9.98. The lowest BCUT2D eigenvalue weighted by Gasteiger charge is -2.26. The highest BCUT2D eigenvalue weighted by Gasteiger charge is 2.21. The van der Waals surface area contributed by atoms with Crippen LogP contribution in [0.4, 0.5) is 17.1 Å². The summed E-state index contributed by atoms with van der Waals surface area (Å²) in [4.78, 5) is 7.74. The second kappa shape index (κ2) is 10.1. The minimum atomic E-state index is 0.933. The van der Waals surface area contributed by atoms with Crippen molar-refractivity contribution in [2.45, 2.75) is 0 Å². The number of fused-ring (bicyclic) bond motifs is 6. The Labute approximate surface area is 244 Å². The third kappa shape index (κ3) is 3.94. The quantitative estimate of drug-likeness (QED) is 0.204. The van der Waals surface area contributed by atoms with Gasteiger partial charge < -0.3 is 4.90 Å². The summed E-state index contributed by atoms with van der Waals surface area (Å²) in [5.41, 5.74) is 7.60. The number of anilines is 3. The first-order chi connectivity index (χ1) is 20.9. The van der Waals surface area contributed by atoms with Crippen LogP contribution in [0.25, 0.3) is 49.7 Å². The largest absolute Gasteiger partial charge is 0.310 e. The molecule has 0 radical (unpaired) electrons. The molecule has 8 aromatic rings. The Morgan fingerprint density at radius 3 is 1.60 bits per heavy atom. The molecule has 0 aliphatic rings. The van der Waals surface area contributed by atoms with Crippen molar-refractivity contribution in [2.75, 3.05) is 4.90 Å². The third-order valence-corrected chi connectivity index (χ3v) is 7.94. The predicted octanol–water partition coefficient (Wildman–Crippen LogP) is 10.5. The first-order valence-electron chi connectivity index (χ1n) is 14.2. The number of benzene rings is 7. The Kier molecular flexibility index (Phi) is 5.79. The minimum absolute atomic E-state index is 0.933. The van der Waals surface area contributed by atoms with E-state index >= 15 is 0 Å². The van der Waals surface area contributed by atoms with E-state index in [1.165, 1.54) is 16.2 Å². The normalized spacial score (nSPS) is 11.3. The second-order valence-corrected chi connectivity index (χ2v) is 10.5. The zero-order valence-electron chi connectivity index (χ0n) is 22.9. The van der Waals surface area contributed by atoms with Crippen molar-refractivity contribution in [1.82, 2.24) is 9.55 Å². The maximum atomic E-state index is 5.43. The molecule has 7 aromatic carbocycles. The molecule has 0 bridgehead atoms. The number of aromatic nitrogens is 2. The minimum Gasteiger partial charge on any atom is -0.310 e. The molecule has 3 heteroatoms. The molecule has 0 aliphatic heterocycles. The summed E-state index contributed by atoms with van der Waals surface area (Å²) in [5.74, 6) is 0.933. The summed E-state index contributed by atoms with van der Waals surface area (Å²) >= 11 is 0. The van der Waals surface area contributed by atoms with Crippen LogP contribution in [0, 0.1) is 0 Å². The SMILES string of the molecule is c1ccc(-c2nc3c4cc(N(c5ccccc5)c5ccccc5)ccc4c4ccccc4c3n2-c2ccccc2)cc1. The van der Waals surface area contributed by atoms with Gasteiger partial charge in [0, 0.05) is 39.1 Å². The van der Waals surface area contributed by atoms with E-state index in [0.717, 1.165) is 50.6 Å². The molecule has 1 aromatic heterocycles. The summed E-state index contributed by atoms with van der Waals surface area (Å²) in [6.07, 6.45) is 0. The van der Waals surface area contributed by atoms with E-state index in [2.05, 4.69) is 173 Å². The van der Waals surface area contributed by atoms with Gasteiger partial charge in [0.15, 0.2) is 0 Å². The fourth-order valence-corrected chi connectivity index (χ4v) is 6.09. The number of para-hydroxylation sites is 3. The van der Waals surface area contributed by atoms with Crippen molar-refractivity contribution in [1.29, 1.82) is 0 Å². The molecule has 8 rings (SSSR count). The molecule has 198 valence electrons. The van der Waals surface area contributed by atoms with E-state index < -0.39 is 0 Å². The van der Waals surface area contributed by atoms with Gasteiger partial charge in [-0.1, -0.05) is 115 Å². The molecule has 0 saturated heterocycles. The molecule has 0 N–H and O–H groups in total. The van der Waals surface area contributed by atoms with Crippen LogP contribution in [-0.4, -0.2) is 9.55 Å². The van der Waals surface area contributed by atoms with Crippen LogP contribution >= 0.6 is 0 Å². The summed E-state index contributed by atoms with van der Waals surface area (Å²) in [6, 6.07) is 57.7. The fourth-order valence-electron chi connectivity index (χ4n) is 6.09. The first kappa shape index (κ1) is 24.2. The summed E-state index contributed by atoms with van der Waals surface area (Å²) < 4.78 is 2.32. The lowest BCUT2D eigenvalue weighted by Crippen LogP contribution is -2.09. The van der Waals surface area contributed by atoms with Gasteiger partial charge in [-0.15, -0.1) is 0 Å². The van der Waals surface area contributed by atoms with E-state index in [1.54, 1.807) is 0 Å². The van der Waals surface area contributed by atoms with E-state index in [9.17, 15) is 0 Å². The van der Waals surface area contributed by atoms with E-state index in [-0.39, 0.29) is 0 Å². The third-order valence-electron chi connectivity index (χ3n) is 7.94. The van der Waals surface area contributed by atoms with Crippen molar-refractivity contribution in [3.8, 4) is 17.1 Å². The van der Waals surface area contributed by atoms with Crippen molar-refractivity contribution in [3.63, 3.8) is 0 Å². The van der Waals surface area contributed by atoms with Gasteiger partial charge in [0.1, 0.15) is 5.82 Å². The van der Waals surface area contributed by atoms with Crippen molar-refractivity contribution >= 4 is 49.6 Å². The average Bonchev–Trinajstić information content (AvgIpc) is 3.48. The van der Waals surface area contributed by atoms with Gasteiger partial charge in [0.25, 0.3) is 0 Å². The maximum Gasteiger partial charge on any atom is 0.145 e. The Morgan fingerprint density at radius 2 is 0.952 bits per heavy atom. The first-order valence-corrected chi connectivity index (χ1v) is 14.2. The molecule has 0 saturated carbocycles. The molecule has 1 heterocycles. The molecular weight excluding hydrogens is 510 g/mol. The zero-order chi connectivity index (χ0) is 27.9. The van der Waals surface area contributed by atoms with Crippen LogP contribution in [-0.2, 0) is 0 Å². The Hall–Kier alpha value is -5.67. The zero-order valence-corrected chi connectivity index (χ0v) is 22.9. The average molecular weight is 538 g/mol. The fraction of sp³-hybridized carbons (Fsp3) is 0. The lowest BCUT2D eigenvalue weighted by molar-refractivity contribution is 1.11. The maximum absolute atomic E-state index is 5.43. The van der Waals surface area contributed by atoms with Crippen LogP contribution < -0.4 is 4.90 Å². The summed E-state index contributed by atoms with van der Waals surface area (Å²) in [5, 5.41) is 4.73. The number of nitrogens with zero attached hydrogens (tertiary/aromatic N) is 3. The van der Waals surface area contributed by atoms with Crippen molar-refractivity contribution in [3.05, 3.63) is 164 Å². The van der Waals surface area contributed by atoms with Crippen LogP contribution in [0.1, 0.15) is 0 Å². The standard InChI is InChI=1S/C39H27N3/c1-5-15-28(16-6-1)39-40-37-36-27-32(41(29-17-7-2-8-18-29)30-19-9-3-10-20-30)25-26-34(36)33-23-13-14-24-35(33)38(37)42(39)31-21-11-4-12-22-31/h1-27H. The van der Waals surface area contributed by atoms with Crippen LogP contribution in [0.15, 0.2) is 164 Å². The van der Waals surface area contributed by atoms with Gasteiger partial charge in [-0.25, -0.2) is 4.98 Å². The monoisotopic (exact) mass is 537 g/mol. The Bertz CT molecular complexity index is 2130. The molecule has 0 fully saturated rings. The number of imidazole rings is 1. The highest BCUT2D eigenvalue weighted by atomic mass is 15.1. The summed E-state index contributed by atoms with van der Waals surface area (Å²) in [7, 11) is 0. The van der Waals surface area contributed by atoms with Gasteiger partial charge in [-0.3, -0.25) is 4.57 Å². The van der Waals surface area contributed by atoms with Gasteiger partial charge in [-0.05, 0) is 59.3 Å². The van der Waals surface area contributed by atoms with Crippen LogP contribution in [0.5, 0.6) is 0 Å². The van der Waals surface area contributed by atoms with E-state index in [1.807, 2.05) is 0 Å². The van der Waals surface area contributed by atoms with E-state index in [0.29, 0.717) is 0 Å². The molecule has 3 nitrogen and oxygen atoms in total.